The fourth-order valence-corrected chi connectivity index (χ4v) is 3.09. The van der Waals surface area contributed by atoms with Crippen LogP contribution in [-0.2, 0) is 16.1 Å². The average Bonchev–Trinajstić information content (AvgIpc) is 3.01. The van der Waals surface area contributed by atoms with Crippen LogP contribution in [0.2, 0.25) is 0 Å². The third kappa shape index (κ3) is 6.63. The van der Waals surface area contributed by atoms with Gasteiger partial charge < -0.3 is 25.3 Å². The van der Waals surface area contributed by atoms with Crippen molar-refractivity contribution in [3.63, 3.8) is 0 Å². The lowest BCUT2D eigenvalue weighted by Gasteiger charge is -2.31. The highest BCUT2D eigenvalue weighted by Crippen LogP contribution is 2.12. The van der Waals surface area contributed by atoms with Crippen LogP contribution in [0, 0.1) is 17.0 Å². The van der Waals surface area contributed by atoms with Crippen LogP contribution in [0.1, 0.15) is 38.4 Å². The number of carbonyl (C=O) groups is 2. The Morgan fingerprint density at radius 3 is 2.63 bits per heavy atom. The lowest BCUT2D eigenvalue weighted by molar-refractivity contribution is -0.389. The highest BCUT2D eigenvalue weighted by molar-refractivity contribution is 5.78. The molecule has 1 saturated heterocycles. The van der Waals surface area contributed by atoms with Gasteiger partial charge in [0.1, 0.15) is 6.20 Å². The third-order valence-electron chi connectivity index (χ3n) is 4.62. The van der Waals surface area contributed by atoms with E-state index in [1.165, 1.54) is 6.20 Å². The lowest BCUT2D eigenvalue weighted by atomic mass is 10.0. The van der Waals surface area contributed by atoms with Crippen LogP contribution in [0.15, 0.2) is 6.20 Å². The number of aromatic nitrogens is 2. The molecule has 0 unspecified atom stereocenters. The summed E-state index contributed by atoms with van der Waals surface area (Å²) in [5.41, 5.74) is 0. The Balaban J connectivity index is 1.68. The van der Waals surface area contributed by atoms with Gasteiger partial charge >= 0.3 is 5.82 Å². The van der Waals surface area contributed by atoms with Crippen LogP contribution in [0.5, 0.6) is 0 Å². The second kappa shape index (κ2) is 10.0. The Kier molecular flexibility index (Phi) is 7.71. The molecule has 1 fully saturated rings. The molecule has 27 heavy (non-hydrogen) atoms. The molecule has 0 aromatic carbocycles. The van der Waals surface area contributed by atoms with E-state index in [1.54, 1.807) is 11.5 Å². The maximum atomic E-state index is 12.2. The van der Waals surface area contributed by atoms with Crippen molar-refractivity contribution in [3.8, 4) is 0 Å². The third-order valence-corrected chi connectivity index (χ3v) is 4.62. The molecule has 10 heteroatoms. The molecule has 0 bridgehead atoms. The molecule has 1 aliphatic heterocycles. The summed E-state index contributed by atoms with van der Waals surface area (Å²) in [5.74, 6) is 0.279. The first kappa shape index (κ1) is 20.8. The standard InChI is InChI=1S/C17H28N6O4/c1-3-7-18-17(25)12-21-8-4-14(5-9-21)20-16(24)6-10-22-11-15(23(26)27)19-13(22)2/h11,14H,3-10,12H2,1-2H3,(H,18,25)(H,20,24). The Morgan fingerprint density at radius 2 is 2.04 bits per heavy atom. The minimum atomic E-state index is -0.542. The highest BCUT2D eigenvalue weighted by atomic mass is 16.6. The van der Waals surface area contributed by atoms with Gasteiger partial charge in [0.15, 0.2) is 0 Å². The number of carbonyl (C=O) groups excluding carboxylic acids is 2. The van der Waals surface area contributed by atoms with Crippen molar-refractivity contribution in [1.82, 2.24) is 25.1 Å². The SMILES string of the molecule is CCCNC(=O)CN1CCC(NC(=O)CCn2cc([N+](=O)[O-])nc2C)CC1. The monoisotopic (exact) mass is 380 g/mol. The van der Waals surface area contributed by atoms with Gasteiger partial charge in [-0.05, 0) is 29.2 Å². The molecule has 2 heterocycles. The molecule has 150 valence electrons. The number of amides is 2. The minimum absolute atomic E-state index is 0.0455. The van der Waals surface area contributed by atoms with Crippen molar-refractivity contribution in [1.29, 1.82) is 0 Å². The van der Waals surface area contributed by atoms with Gasteiger partial charge in [-0.3, -0.25) is 14.5 Å². The first-order valence-corrected chi connectivity index (χ1v) is 9.35. The molecule has 2 amide bonds. The van der Waals surface area contributed by atoms with Gasteiger partial charge in [0.05, 0.1) is 6.54 Å². The summed E-state index contributed by atoms with van der Waals surface area (Å²) in [6.07, 6.45) is 4.13. The Bertz CT molecular complexity index is 666. The number of rotatable bonds is 9. The van der Waals surface area contributed by atoms with E-state index < -0.39 is 4.92 Å². The number of nitrogens with one attached hydrogen (secondary N) is 2. The number of aryl methyl sites for hydroxylation is 2. The number of hydrogen-bond donors (Lipinski definition) is 2. The Labute approximate surface area is 158 Å². The van der Waals surface area contributed by atoms with Gasteiger partial charge in [0.2, 0.25) is 17.6 Å². The Morgan fingerprint density at radius 1 is 1.33 bits per heavy atom. The van der Waals surface area contributed by atoms with Gasteiger partial charge in [-0.15, -0.1) is 0 Å². The number of imidazole rings is 1. The molecule has 1 aromatic rings. The van der Waals surface area contributed by atoms with Crippen molar-refractivity contribution < 1.29 is 14.5 Å². The number of nitrogens with zero attached hydrogens (tertiary/aromatic N) is 4. The molecular formula is C17H28N6O4. The van der Waals surface area contributed by atoms with E-state index in [1.807, 2.05) is 6.92 Å². The van der Waals surface area contributed by atoms with Gasteiger partial charge in [-0.1, -0.05) is 6.92 Å². The lowest BCUT2D eigenvalue weighted by Crippen LogP contribution is -2.47. The van der Waals surface area contributed by atoms with Crippen LogP contribution in [-0.4, -0.2) is 63.4 Å². The van der Waals surface area contributed by atoms with E-state index in [2.05, 4.69) is 20.5 Å². The van der Waals surface area contributed by atoms with Crippen molar-refractivity contribution in [2.24, 2.45) is 0 Å². The molecule has 0 radical (unpaired) electrons. The number of piperidine rings is 1. The van der Waals surface area contributed by atoms with Gasteiger partial charge in [0, 0.05) is 45.6 Å². The fourth-order valence-electron chi connectivity index (χ4n) is 3.09. The molecule has 2 N–H and O–H groups in total. The maximum absolute atomic E-state index is 12.2. The quantitative estimate of drug-likeness (QED) is 0.478. The maximum Gasteiger partial charge on any atom is 0.381 e. The molecule has 0 spiro atoms. The summed E-state index contributed by atoms with van der Waals surface area (Å²) < 4.78 is 1.62. The predicted molar refractivity (Wildman–Crippen MR) is 99.1 cm³/mol. The first-order chi connectivity index (χ1) is 12.9. The largest absolute Gasteiger partial charge is 0.381 e. The fraction of sp³-hybridized carbons (Fsp3) is 0.706. The van der Waals surface area contributed by atoms with Crippen molar-refractivity contribution >= 4 is 17.6 Å². The smallest absolute Gasteiger partial charge is 0.358 e. The second-order valence-electron chi connectivity index (χ2n) is 6.81. The zero-order valence-electron chi connectivity index (χ0n) is 15.9. The zero-order chi connectivity index (χ0) is 19.8. The van der Waals surface area contributed by atoms with E-state index in [4.69, 9.17) is 0 Å². The molecule has 0 saturated carbocycles. The molecular weight excluding hydrogens is 352 g/mol. The molecule has 10 nitrogen and oxygen atoms in total. The summed E-state index contributed by atoms with van der Waals surface area (Å²) in [4.78, 5) is 40.0. The molecule has 2 rings (SSSR count). The average molecular weight is 380 g/mol. The van der Waals surface area contributed by atoms with Crippen LogP contribution in [0.25, 0.3) is 0 Å². The van der Waals surface area contributed by atoms with Crippen LogP contribution >= 0.6 is 0 Å². The van der Waals surface area contributed by atoms with E-state index in [9.17, 15) is 19.7 Å². The summed E-state index contributed by atoms with van der Waals surface area (Å²) >= 11 is 0. The van der Waals surface area contributed by atoms with Gasteiger partial charge in [-0.2, -0.15) is 0 Å². The van der Waals surface area contributed by atoms with E-state index in [0.717, 1.165) is 32.4 Å². The van der Waals surface area contributed by atoms with Crippen molar-refractivity contribution in [2.75, 3.05) is 26.2 Å². The van der Waals surface area contributed by atoms with Crippen LogP contribution in [0.4, 0.5) is 5.82 Å². The van der Waals surface area contributed by atoms with Crippen LogP contribution < -0.4 is 10.6 Å². The molecule has 1 aromatic heterocycles. The summed E-state index contributed by atoms with van der Waals surface area (Å²) in [6, 6.07) is 0.102. The van der Waals surface area contributed by atoms with Gasteiger partial charge in [0.25, 0.3) is 0 Å². The minimum Gasteiger partial charge on any atom is -0.358 e. The van der Waals surface area contributed by atoms with Gasteiger partial charge in [-0.25, -0.2) is 0 Å². The summed E-state index contributed by atoms with van der Waals surface area (Å²) in [6.45, 7) is 6.70. The second-order valence-corrected chi connectivity index (χ2v) is 6.81. The van der Waals surface area contributed by atoms with E-state index in [-0.39, 0.29) is 30.1 Å². The predicted octanol–water partition coefficient (Wildman–Crippen LogP) is 0.597. The summed E-state index contributed by atoms with van der Waals surface area (Å²) in [7, 11) is 0. The summed E-state index contributed by atoms with van der Waals surface area (Å²) in [5, 5.41) is 16.6. The van der Waals surface area contributed by atoms with Crippen molar-refractivity contribution in [2.45, 2.75) is 52.1 Å². The normalized spacial score (nSPS) is 15.5. The number of nitro groups is 1. The zero-order valence-corrected chi connectivity index (χ0v) is 15.9. The van der Waals surface area contributed by atoms with Crippen molar-refractivity contribution in [3.05, 3.63) is 22.1 Å². The first-order valence-electron chi connectivity index (χ1n) is 9.35. The number of likely N-dealkylation sites (tertiary alicyclic amines) is 1. The van der Waals surface area contributed by atoms with Crippen LogP contribution in [0.3, 0.4) is 0 Å². The Hall–Kier alpha value is -2.49. The molecule has 1 aliphatic rings. The highest BCUT2D eigenvalue weighted by Gasteiger charge is 2.22. The molecule has 0 atom stereocenters. The molecule has 0 aliphatic carbocycles. The van der Waals surface area contributed by atoms with E-state index >= 15 is 0 Å². The number of hydrogen-bond acceptors (Lipinski definition) is 6. The topological polar surface area (TPSA) is 122 Å². The van der Waals surface area contributed by atoms with E-state index in [0.29, 0.717) is 25.5 Å².